The molecule has 4 heteroatoms. The molecule has 0 amide bonds. The number of aliphatic hydroxyl groups excluding tert-OH is 1. The Morgan fingerprint density at radius 3 is 2.75 bits per heavy atom. The smallest absolute Gasteiger partial charge is 0.337 e. The quantitative estimate of drug-likeness (QED) is 0.604. The lowest BCUT2D eigenvalue weighted by atomic mass is 10.0. The molecule has 0 aromatic heterocycles. The summed E-state index contributed by atoms with van der Waals surface area (Å²) >= 11 is 0. The summed E-state index contributed by atoms with van der Waals surface area (Å²) in [4.78, 5) is 11.3. The van der Waals surface area contributed by atoms with Crippen LogP contribution in [0.1, 0.15) is 28.9 Å². The van der Waals surface area contributed by atoms with E-state index in [9.17, 15) is 15.0 Å². The number of carbonyl (C=O) groups is 1. The molecular formula is C12H14O4. The van der Waals surface area contributed by atoms with Gasteiger partial charge in [0.25, 0.3) is 0 Å². The maximum absolute atomic E-state index is 11.3. The molecule has 2 N–H and O–H groups in total. The van der Waals surface area contributed by atoms with Crippen molar-refractivity contribution in [3.8, 4) is 5.75 Å². The molecule has 0 aliphatic rings. The summed E-state index contributed by atoms with van der Waals surface area (Å²) in [6.45, 7) is 1.75. The van der Waals surface area contributed by atoms with Gasteiger partial charge in [0.05, 0.1) is 12.7 Å². The van der Waals surface area contributed by atoms with Gasteiger partial charge in [0, 0.05) is 5.56 Å². The van der Waals surface area contributed by atoms with Crippen molar-refractivity contribution in [2.45, 2.75) is 13.0 Å². The number of benzene rings is 1. The summed E-state index contributed by atoms with van der Waals surface area (Å²) in [7, 11) is 1.28. The van der Waals surface area contributed by atoms with Gasteiger partial charge < -0.3 is 14.9 Å². The first kappa shape index (κ1) is 12.3. The first-order valence-electron chi connectivity index (χ1n) is 4.82. The monoisotopic (exact) mass is 222 g/mol. The molecule has 0 saturated carbocycles. The molecule has 0 aliphatic carbocycles. The molecule has 1 aromatic carbocycles. The molecular weight excluding hydrogens is 208 g/mol. The second kappa shape index (κ2) is 5.32. The molecule has 0 spiro atoms. The standard InChI is InChI=1S/C12H14O4/c1-3-4-10(13)9-7-8(12(15)16-2)5-6-11(9)14/h3-7,10,13-14H,1-2H3/b4-3+. The molecule has 0 radical (unpaired) electrons. The topological polar surface area (TPSA) is 66.8 Å². The van der Waals surface area contributed by atoms with Gasteiger partial charge in [-0.05, 0) is 25.1 Å². The summed E-state index contributed by atoms with van der Waals surface area (Å²) < 4.78 is 4.55. The first-order valence-corrected chi connectivity index (χ1v) is 4.82. The highest BCUT2D eigenvalue weighted by Gasteiger charge is 2.13. The van der Waals surface area contributed by atoms with Crippen molar-refractivity contribution < 1.29 is 19.7 Å². The van der Waals surface area contributed by atoms with Crippen LogP contribution in [0, 0.1) is 0 Å². The van der Waals surface area contributed by atoms with Gasteiger partial charge in [-0.25, -0.2) is 4.79 Å². The summed E-state index contributed by atoms with van der Waals surface area (Å²) in [6, 6.07) is 4.20. The van der Waals surface area contributed by atoms with E-state index in [0.29, 0.717) is 5.56 Å². The highest BCUT2D eigenvalue weighted by atomic mass is 16.5. The van der Waals surface area contributed by atoms with E-state index in [-0.39, 0.29) is 11.3 Å². The number of aromatic hydroxyl groups is 1. The lowest BCUT2D eigenvalue weighted by Gasteiger charge is -2.09. The van der Waals surface area contributed by atoms with E-state index in [4.69, 9.17) is 0 Å². The minimum absolute atomic E-state index is 0.0572. The lowest BCUT2D eigenvalue weighted by molar-refractivity contribution is 0.0600. The minimum Gasteiger partial charge on any atom is -0.508 e. The lowest BCUT2D eigenvalue weighted by Crippen LogP contribution is -2.03. The second-order valence-corrected chi connectivity index (χ2v) is 3.24. The number of phenolic OH excluding ortho intramolecular Hbond substituents is 1. The van der Waals surface area contributed by atoms with Crippen LogP contribution in [0.5, 0.6) is 5.75 Å². The number of esters is 1. The molecule has 0 bridgehead atoms. The Morgan fingerprint density at radius 2 is 2.19 bits per heavy atom. The van der Waals surface area contributed by atoms with Crippen molar-refractivity contribution in [1.82, 2.24) is 0 Å². The third kappa shape index (κ3) is 2.61. The Bertz CT molecular complexity index is 409. The third-order valence-corrected chi connectivity index (χ3v) is 2.14. The average Bonchev–Trinajstić information content (AvgIpc) is 2.29. The molecule has 0 heterocycles. The zero-order valence-corrected chi connectivity index (χ0v) is 9.18. The summed E-state index contributed by atoms with van der Waals surface area (Å²) in [5.41, 5.74) is 0.569. The fourth-order valence-corrected chi connectivity index (χ4v) is 1.32. The van der Waals surface area contributed by atoms with Gasteiger partial charge in [-0.1, -0.05) is 12.2 Å². The zero-order chi connectivity index (χ0) is 12.1. The number of phenols is 1. The van der Waals surface area contributed by atoms with Crippen LogP contribution in [-0.2, 0) is 4.74 Å². The van der Waals surface area contributed by atoms with Gasteiger partial charge >= 0.3 is 5.97 Å². The van der Waals surface area contributed by atoms with Gasteiger partial charge in [0.1, 0.15) is 11.9 Å². The number of allylic oxidation sites excluding steroid dienone is 1. The van der Waals surface area contributed by atoms with E-state index < -0.39 is 12.1 Å². The molecule has 1 unspecified atom stereocenters. The van der Waals surface area contributed by atoms with E-state index in [1.165, 1.54) is 31.4 Å². The van der Waals surface area contributed by atoms with Crippen molar-refractivity contribution in [2.24, 2.45) is 0 Å². The molecule has 0 saturated heterocycles. The third-order valence-electron chi connectivity index (χ3n) is 2.14. The summed E-state index contributed by atoms with van der Waals surface area (Å²) in [6.07, 6.45) is 2.24. The van der Waals surface area contributed by atoms with E-state index in [1.54, 1.807) is 13.0 Å². The number of rotatable bonds is 3. The number of methoxy groups -OCH3 is 1. The highest BCUT2D eigenvalue weighted by molar-refractivity contribution is 5.89. The normalized spacial score (nSPS) is 12.7. The maximum Gasteiger partial charge on any atom is 0.337 e. The predicted molar refractivity (Wildman–Crippen MR) is 59.2 cm³/mol. The van der Waals surface area contributed by atoms with Gasteiger partial charge in [-0.2, -0.15) is 0 Å². The highest BCUT2D eigenvalue weighted by Crippen LogP contribution is 2.26. The zero-order valence-electron chi connectivity index (χ0n) is 9.18. The van der Waals surface area contributed by atoms with Crippen molar-refractivity contribution in [1.29, 1.82) is 0 Å². The van der Waals surface area contributed by atoms with E-state index in [1.807, 2.05) is 0 Å². The molecule has 0 aliphatic heterocycles. The predicted octanol–water partition coefficient (Wildman–Crippen LogP) is 1.79. The van der Waals surface area contributed by atoms with Crippen LogP contribution in [0.3, 0.4) is 0 Å². The van der Waals surface area contributed by atoms with Crippen LogP contribution < -0.4 is 0 Å². The Labute approximate surface area is 93.8 Å². The minimum atomic E-state index is -0.936. The van der Waals surface area contributed by atoms with Crippen LogP contribution in [0.15, 0.2) is 30.4 Å². The van der Waals surface area contributed by atoms with E-state index >= 15 is 0 Å². The largest absolute Gasteiger partial charge is 0.508 e. The van der Waals surface area contributed by atoms with Crippen LogP contribution in [-0.4, -0.2) is 23.3 Å². The van der Waals surface area contributed by atoms with Crippen LogP contribution in [0.25, 0.3) is 0 Å². The van der Waals surface area contributed by atoms with E-state index in [0.717, 1.165) is 0 Å². The molecule has 4 nitrogen and oxygen atoms in total. The fraction of sp³-hybridized carbons (Fsp3) is 0.250. The Balaban J connectivity index is 3.13. The SMILES string of the molecule is C/C=C/C(O)c1cc(C(=O)OC)ccc1O. The Hall–Kier alpha value is -1.81. The first-order chi connectivity index (χ1) is 7.60. The molecule has 16 heavy (non-hydrogen) atoms. The van der Waals surface area contributed by atoms with Gasteiger partial charge in [0.2, 0.25) is 0 Å². The second-order valence-electron chi connectivity index (χ2n) is 3.24. The summed E-state index contributed by atoms with van der Waals surface area (Å²) in [5, 5.41) is 19.2. The number of aliphatic hydroxyl groups is 1. The Kier molecular flexibility index (Phi) is 4.08. The van der Waals surface area contributed by atoms with Crippen LogP contribution in [0.4, 0.5) is 0 Å². The fourth-order valence-electron chi connectivity index (χ4n) is 1.32. The molecule has 1 aromatic rings. The number of hydrogen-bond donors (Lipinski definition) is 2. The van der Waals surface area contributed by atoms with Gasteiger partial charge in [-0.15, -0.1) is 0 Å². The van der Waals surface area contributed by atoms with Crippen LogP contribution >= 0.6 is 0 Å². The van der Waals surface area contributed by atoms with Crippen molar-refractivity contribution in [2.75, 3.05) is 7.11 Å². The van der Waals surface area contributed by atoms with Crippen molar-refractivity contribution in [3.05, 3.63) is 41.5 Å². The Morgan fingerprint density at radius 1 is 1.50 bits per heavy atom. The molecule has 1 atom stereocenters. The molecule has 1 rings (SSSR count). The number of ether oxygens (including phenoxy) is 1. The van der Waals surface area contributed by atoms with E-state index in [2.05, 4.69) is 4.74 Å². The maximum atomic E-state index is 11.3. The summed E-state index contributed by atoms with van der Waals surface area (Å²) in [5.74, 6) is -0.563. The average molecular weight is 222 g/mol. The van der Waals surface area contributed by atoms with Gasteiger partial charge in [-0.3, -0.25) is 0 Å². The molecule has 0 fully saturated rings. The van der Waals surface area contributed by atoms with Gasteiger partial charge in [0.15, 0.2) is 0 Å². The number of hydrogen-bond acceptors (Lipinski definition) is 4. The van der Waals surface area contributed by atoms with Crippen molar-refractivity contribution >= 4 is 5.97 Å². The molecule has 86 valence electrons. The van der Waals surface area contributed by atoms with Crippen molar-refractivity contribution in [3.63, 3.8) is 0 Å². The number of carbonyl (C=O) groups excluding carboxylic acids is 1. The van der Waals surface area contributed by atoms with Crippen LogP contribution in [0.2, 0.25) is 0 Å².